The molecular formula is C19H20N2O3S2. The van der Waals surface area contributed by atoms with Crippen LogP contribution in [0, 0.1) is 0 Å². The van der Waals surface area contributed by atoms with Gasteiger partial charge in [-0.1, -0.05) is 6.07 Å². The Labute approximate surface area is 162 Å². The first-order valence-electron chi connectivity index (χ1n) is 8.24. The van der Waals surface area contributed by atoms with Gasteiger partial charge >= 0.3 is 0 Å². The van der Waals surface area contributed by atoms with E-state index in [4.69, 9.17) is 21.4 Å². The van der Waals surface area contributed by atoms with E-state index in [0.717, 1.165) is 34.1 Å². The maximum Gasteiger partial charge on any atom is 0.276 e. The molecule has 1 aliphatic heterocycles. The number of nitrogens with zero attached hydrogens (tertiary/aromatic N) is 1. The number of hydrogen-bond donors (Lipinski definition) is 1. The Morgan fingerprint density at radius 1 is 1.35 bits per heavy atom. The molecule has 0 bridgehead atoms. The molecule has 0 saturated carbocycles. The van der Waals surface area contributed by atoms with E-state index in [1.54, 1.807) is 30.0 Å². The van der Waals surface area contributed by atoms with Crippen molar-refractivity contribution in [2.45, 2.75) is 18.4 Å². The second-order valence-corrected chi connectivity index (χ2v) is 7.05. The number of amides is 1. The van der Waals surface area contributed by atoms with Crippen LogP contribution in [0.4, 0.5) is 0 Å². The Morgan fingerprint density at radius 2 is 2.19 bits per heavy atom. The van der Waals surface area contributed by atoms with Gasteiger partial charge in [0.1, 0.15) is 17.2 Å². The summed E-state index contributed by atoms with van der Waals surface area (Å²) in [5, 5.41) is 3.43. The predicted molar refractivity (Wildman–Crippen MR) is 108 cm³/mol. The molecule has 1 N–H and O–H groups in total. The lowest BCUT2D eigenvalue weighted by Crippen LogP contribution is -2.30. The van der Waals surface area contributed by atoms with Gasteiger partial charge in [0.25, 0.3) is 5.91 Å². The van der Waals surface area contributed by atoms with Gasteiger partial charge in [-0.3, -0.25) is 9.69 Å². The molecule has 0 atom stereocenters. The molecule has 0 aliphatic carbocycles. The van der Waals surface area contributed by atoms with E-state index in [1.807, 2.05) is 43.3 Å². The number of rotatable bonds is 7. The summed E-state index contributed by atoms with van der Waals surface area (Å²) < 4.78 is 10.8. The predicted octanol–water partition coefficient (Wildman–Crippen LogP) is 3.80. The maximum atomic E-state index is 12.3. The fourth-order valence-electron chi connectivity index (χ4n) is 2.68. The molecule has 1 aromatic carbocycles. The standard InChI is InChI=1S/C19H20N2O3S2/c1-3-21-18(22)16(20-19(21)25)10-13-6-7-17(23-2)14(9-13)11-26-12-15-5-4-8-24-15/h4-10H,3,11-12H2,1-2H3,(H,20,25)/b16-10-. The lowest BCUT2D eigenvalue weighted by atomic mass is 10.1. The molecule has 1 amide bonds. The summed E-state index contributed by atoms with van der Waals surface area (Å²) >= 11 is 6.94. The van der Waals surface area contributed by atoms with Gasteiger partial charge in [-0.2, -0.15) is 0 Å². The van der Waals surface area contributed by atoms with Crippen LogP contribution >= 0.6 is 24.0 Å². The molecule has 0 unspecified atom stereocenters. The smallest absolute Gasteiger partial charge is 0.276 e. The van der Waals surface area contributed by atoms with Crippen molar-refractivity contribution in [3.63, 3.8) is 0 Å². The summed E-state index contributed by atoms with van der Waals surface area (Å²) in [6.45, 7) is 2.45. The third kappa shape index (κ3) is 4.11. The first kappa shape index (κ1) is 18.5. The number of furan rings is 1. The Hall–Kier alpha value is -2.25. The van der Waals surface area contributed by atoms with E-state index in [0.29, 0.717) is 17.4 Å². The molecule has 1 aliphatic rings. The van der Waals surface area contributed by atoms with Crippen molar-refractivity contribution < 1.29 is 13.9 Å². The number of carbonyl (C=O) groups excluding carboxylic acids is 1. The van der Waals surface area contributed by atoms with E-state index in [-0.39, 0.29) is 5.91 Å². The van der Waals surface area contributed by atoms with Crippen LogP contribution < -0.4 is 10.1 Å². The second-order valence-electron chi connectivity index (χ2n) is 5.68. The molecule has 26 heavy (non-hydrogen) atoms. The first-order chi connectivity index (χ1) is 12.6. The highest BCUT2D eigenvalue weighted by Gasteiger charge is 2.28. The zero-order chi connectivity index (χ0) is 18.5. The number of thioether (sulfide) groups is 1. The van der Waals surface area contributed by atoms with Crippen molar-refractivity contribution >= 4 is 41.1 Å². The van der Waals surface area contributed by atoms with E-state index in [2.05, 4.69) is 5.32 Å². The minimum Gasteiger partial charge on any atom is -0.496 e. The van der Waals surface area contributed by atoms with Gasteiger partial charge in [-0.25, -0.2) is 0 Å². The van der Waals surface area contributed by atoms with Crippen molar-refractivity contribution in [1.82, 2.24) is 10.2 Å². The first-order valence-corrected chi connectivity index (χ1v) is 9.80. The third-order valence-corrected chi connectivity index (χ3v) is 5.30. The van der Waals surface area contributed by atoms with Crippen molar-refractivity contribution in [2.24, 2.45) is 0 Å². The topological polar surface area (TPSA) is 54.7 Å². The average Bonchev–Trinajstić information content (AvgIpc) is 3.24. The quantitative estimate of drug-likeness (QED) is 0.575. The highest BCUT2D eigenvalue weighted by molar-refractivity contribution is 7.97. The van der Waals surface area contributed by atoms with Crippen molar-refractivity contribution in [1.29, 1.82) is 0 Å². The fourth-order valence-corrected chi connectivity index (χ4v) is 3.92. The van der Waals surface area contributed by atoms with Crippen molar-refractivity contribution in [3.05, 3.63) is 59.2 Å². The minimum atomic E-state index is -0.0953. The summed E-state index contributed by atoms with van der Waals surface area (Å²) in [4.78, 5) is 13.9. The summed E-state index contributed by atoms with van der Waals surface area (Å²) in [6, 6.07) is 9.74. The molecule has 1 saturated heterocycles. The Morgan fingerprint density at radius 3 is 2.85 bits per heavy atom. The van der Waals surface area contributed by atoms with Crippen LogP contribution in [0.2, 0.25) is 0 Å². The minimum absolute atomic E-state index is 0.0953. The normalized spacial score (nSPS) is 15.6. The lowest BCUT2D eigenvalue weighted by molar-refractivity contribution is -0.122. The van der Waals surface area contributed by atoms with E-state index >= 15 is 0 Å². The summed E-state index contributed by atoms with van der Waals surface area (Å²) in [5.74, 6) is 3.25. The van der Waals surface area contributed by atoms with Gasteiger partial charge in [0.05, 0.1) is 19.1 Å². The zero-order valence-corrected chi connectivity index (χ0v) is 16.3. The van der Waals surface area contributed by atoms with Gasteiger partial charge in [0.15, 0.2) is 5.11 Å². The van der Waals surface area contributed by atoms with Gasteiger partial charge in [-0.05, 0) is 55.0 Å². The number of nitrogens with one attached hydrogen (secondary N) is 1. The zero-order valence-electron chi connectivity index (χ0n) is 14.7. The number of benzene rings is 1. The molecule has 0 radical (unpaired) electrons. The molecule has 2 heterocycles. The third-order valence-electron chi connectivity index (χ3n) is 3.98. The number of ether oxygens (including phenoxy) is 1. The van der Waals surface area contributed by atoms with Crippen molar-refractivity contribution in [2.75, 3.05) is 13.7 Å². The molecular weight excluding hydrogens is 368 g/mol. The Kier molecular flexibility index (Phi) is 6.00. The number of hydrogen-bond acceptors (Lipinski definition) is 5. The second kappa shape index (κ2) is 8.42. The van der Waals surface area contributed by atoms with E-state index in [1.165, 1.54) is 0 Å². The highest BCUT2D eigenvalue weighted by Crippen LogP contribution is 2.27. The van der Waals surface area contributed by atoms with Crippen LogP contribution in [0.1, 0.15) is 23.8 Å². The number of thiocarbonyl (C=S) groups is 1. The summed E-state index contributed by atoms with van der Waals surface area (Å²) in [6.07, 6.45) is 3.50. The van der Waals surface area contributed by atoms with E-state index < -0.39 is 0 Å². The molecule has 2 aromatic rings. The Balaban J connectivity index is 1.75. The molecule has 0 spiro atoms. The highest BCUT2D eigenvalue weighted by atomic mass is 32.2. The van der Waals surface area contributed by atoms with Crippen LogP contribution in [0.25, 0.3) is 6.08 Å². The number of methoxy groups -OCH3 is 1. The maximum absolute atomic E-state index is 12.3. The summed E-state index contributed by atoms with van der Waals surface area (Å²) in [5.41, 5.74) is 2.49. The van der Waals surface area contributed by atoms with E-state index in [9.17, 15) is 4.79 Å². The molecule has 5 nitrogen and oxygen atoms in total. The largest absolute Gasteiger partial charge is 0.496 e. The average molecular weight is 389 g/mol. The number of likely N-dealkylation sites (N-methyl/N-ethyl adjacent to an activating group) is 1. The molecule has 7 heteroatoms. The van der Waals surface area contributed by atoms with Gasteiger partial charge in [-0.15, -0.1) is 11.8 Å². The van der Waals surface area contributed by atoms with Crippen LogP contribution in [-0.4, -0.2) is 29.6 Å². The van der Waals surface area contributed by atoms with Crippen LogP contribution in [0.3, 0.4) is 0 Å². The molecule has 1 fully saturated rings. The van der Waals surface area contributed by atoms with Gasteiger partial charge in [0, 0.05) is 17.9 Å². The van der Waals surface area contributed by atoms with Crippen LogP contribution in [0.5, 0.6) is 5.75 Å². The monoisotopic (exact) mass is 388 g/mol. The van der Waals surface area contributed by atoms with Crippen LogP contribution in [0.15, 0.2) is 46.7 Å². The lowest BCUT2D eigenvalue weighted by Gasteiger charge is -2.10. The fraction of sp³-hybridized carbons (Fsp3) is 0.263. The Bertz CT molecular complexity index is 831. The number of carbonyl (C=O) groups is 1. The van der Waals surface area contributed by atoms with Gasteiger partial charge in [0.2, 0.25) is 0 Å². The molecule has 136 valence electrons. The van der Waals surface area contributed by atoms with Gasteiger partial charge < -0.3 is 14.5 Å². The molecule has 3 rings (SSSR count). The summed E-state index contributed by atoms with van der Waals surface area (Å²) in [7, 11) is 1.66. The molecule has 1 aromatic heterocycles. The SMILES string of the molecule is CCN1C(=O)/C(=C/c2ccc(OC)c(CSCc3ccco3)c2)NC1=S. The van der Waals surface area contributed by atoms with Crippen molar-refractivity contribution in [3.8, 4) is 5.75 Å². The van der Waals surface area contributed by atoms with Crippen LogP contribution in [-0.2, 0) is 16.3 Å².